The number of rotatable bonds is 5. The molecule has 100 valence electrons. The number of hydrogen-bond donors (Lipinski definition) is 3. The van der Waals surface area contributed by atoms with Gasteiger partial charge in [0.15, 0.2) is 0 Å². The minimum absolute atomic E-state index is 0.0949. The molecule has 17 heavy (non-hydrogen) atoms. The second-order valence-electron chi connectivity index (χ2n) is 5.56. The van der Waals surface area contributed by atoms with Crippen LogP contribution < -0.4 is 11.1 Å². The Morgan fingerprint density at radius 2 is 2.18 bits per heavy atom. The first-order valence-electron chi connectivity index (χ1n) is 6.70. The third kappa shape index (κ3) is 5.50. The van der Waals surface area contributed by atoms with Crippen molar-refractivity contribution in [1.29, 1.82) is 0 Å². The van der Waals surface area contributed by atoms with E-state index in [1.807, 2.05) is 6.92 Å². The van der Waals surface area contributed by atoms with Crippen LogP contribution in [-0.4, -0.2) is 29.7 Å². The summed E-state index contributed by atoms with van der Waals surface area (Å²) in [5, 5.41) is 12.2. The van der Waals surface area contributed by atoms with Crippen molar-refractivity contribution in [3.8, 4) is 0 Å². The van der Waals surface area contributed by atoms with Crippen LogP contribution in [-0.2, 0) is 4.79 Å². The molecular weight excluding hydrogens is 216 g/mol. The summed E-state index contributed by atoms with van der Waals surface area (Å²) in [5.41, 5.74) is 5.87. The van der Waals surface area contributed by atoms with Crippen LogP contribution in [0.15, 0.2) is 0 Å². The molecule has 0 radical (unpaired) electrons. The van der Waals surface area contributed by atoms with Crippen molar-refractivity contribution in [3.05, 3.63) is 0 Å². The molecule has 4 unspecified atom stereocenters. The van der Waals surface area contributed by atoms with Crippen molar-refractivity contribution in [1.82, 2.24) is 5.32 Å². The highest BCUT2D eigenvalue weighted by Gasteiger charge is 2.25. The van der Waals surface area contributed by atoms with E-state index in [1.54, 1.807) is 6.92 Å². The molecule has 1 rings (SSSR count). The van der Waals surface area contributed by atoms with Crippen LogP contribution in [0.4, 0.5) is 0 Å². The lowest BCUT2D eigenvalue weighted by Crippen LogP contribution is -2.39. The first-order valence-corrected chi connectivity index (χ1v) is 6.70. The maximum absolute atomic E-state index is 11.9. The summed E-state index contributed by atoms with van der Waals surface area (Å²) in [6.07, 6.45) is 4.31. The van der Waals surface area contributed by atoms with Gasteiger partial charge in [-0.15, -0.1) is 0 Å². The number of amides is 1. The molecule has 4 nitrogen and oxygen atoms in total. The van der Waals surface area contributed by atoms with Crippen LogP contribution in [0.2, 0.25) is 0 Å². The van der Waals surface area contributed by atoms with Gasteiger partial charge in [0, 0.05) is 18.5 Å². The van der Waals surface area contributed by atoms with Crippen molar-refractivity contribution < 1.29 is 9.90 Å². The molecule has 1 aliphatic carbocycles. The van der Waals surface area contributed by atoms with E-state index in [4.69, 9.17) is 5.73 Å². The van der Waals surface area contributed by atoms with Gasteiger partial charge in [0.1, 0.15) is 0 Å². The largest absolute Gasteiger partial charge is 0.393 e. The number of nitrogens with one attached hydrogen (secondary N) is 1. The van der Waals surface area contributed by atoms with Gasteiger partial charge < -0.3 is 16.2 Å². The highest BCUT2D eigenvalue weighted by Crippen LogP contribution is 2.23. The molecule has 0 aromatic heterocycles. The summed E-state index contributed by atoms with van der Waals surface area (Å²) in [7, 11) is 0. The maximum Gasteiger partial charge on any atom is 0.223 e. The Kier molecular flexibility index (Phi) is 5.92. The van der Waals surface area contributed by atoms with Crippen LogP contribution in [0.25, 0.3) is 0 Å². The van der Waals surface area contributed by atoms with Crippen molar-refractivity contribution in [2.45, 2.75) is 58.1 Å². The van der Waals surface area contributed by atoms with Crippen molar-refractivity contribution in [2.24, 2.45) is 17.6 Å². The zero-order chi connectivity index (χ0) is 12.8. The minimum atomic E-state index is -0.301. The van der Waals surface area contributed by atoms with Crippen molar-refractivity contribution in [2.75, 3.05) is 6.54 Å². The molecule has 0 spiro atoms. The molecule has 0 heterocycles. The van der Waals surface area contributed by atoms with E-state index in [0.29, 0.717) is 12.5 Å². The van der Waals surface area contributed by atoms with Crippen molar-refractivity contribution >= 4 is 5.91 Å². The molecule has 4 atom stereocenters. The number of nitrogens with two attached hydrogens (primary N) is 1. The van der Waals surface area contributed by atoms with Crippen LogP contribution in [0, 0.1) is 11.8 Å². The first kappa shape index (κ1) is 14.5. The average molecular weight is 242 g/mol. The van der Waals surface area contributed by atoms with Gasteiger partial charge in [0.05, 0.1) is 6.10 Å². The normalized spacial score (nSPS) is 28.5. The van der Waals surface area contributed by atoms with Gasteiger partial charge in [-0.05, 0) is 38.5 Å². The highest BCUT2D eigenvalue weighted by molar-refractivity contribution is 5.78. The fourth-order valence-corrected chi connectivity index (χ4v) is 2.55. The molecule has 0 aromatic carbocycles. The van der Waals surface area contributed by atoms with Gasteiger partial charge in [-0.2, -0.15) is 0 Å². The predicted molar refractivity (Wildman–Crippen MR) is 68.4 cm³/mol. The zero-order valence-corrected chi connectivity index (χ0v) is 11.0. The number of aliphatic hydroxyl groups is 1. The summed E-state index contributed by atoms with van der Waals surface area (Å²) < 4.78 is 0. The zero-order valence-electron chi connectivity index (χ0n) is 11.0. The third-order valence-electron chi connectivity index (χ3n) is 3.45. The van der Waals surface area contributed by atoms with E-state index in [2.05, 4.69) is 5.32 Å². The Bertz CT molecular complexity index is 244. The molecule has 1 amide bonds. The number of carbonyl (C=O) groups excluding carboxylic acids is 1. The lowest BCUT2D eigenvalue weighted by Gasteiger charge is -2.26. The lowest BCUT2D eigenvalue weighted by atomic mass is 9.85. The highest BCUT2D eigenvalue weighted by atomic mass is 16.3. The third-order valence-corrected chi connectivity index (χ3v) is 3.45. The van der Waals surface area contributed by atoms with Gasteiger partial charge in [-0.1, -0.05) is 13.3 Å². The SMILES string of the molecule is CC(O)CC(C)CNC(=O)C1CCCC(N)C1. The fourth-order valence-electron chi connectivity index (χ4n) is 2.55. The summed E-state index contributed by atoms with van der Waals surface area (Å²) in [5.74, 6) is 0.548. The van der Waals surface area contributed by atoms with Gasteiger partial charge in [-0.25, -0.2) is 0 Å². The van der Waals surface area contributed by atoms with Gasteiger partial charge in [-0.3, -0.25) is 4.79 Å². The molecule has 0 aromatic rings. The summed E-state index contributed by atoms with van der Waals surface area (Å²) in [6.45, 7) is 4.47. The van der Waals surface area contributed by atoms with E-state index >= 15 is 0 Å². The molecule has 1 saturated carbocycles. The predicted octanol–water partition coefficient (Wildman–Crippen LogP) is 1.03. The van der Waals surface area contributed by atoms with Crippen LogP contribution >= 0.6 is 0 Å². The summed E-state index contributed by atoms with van der Waals surface area (Å²) in [4.78, 5) is 11.9. The lowest BCUT2D eigenvalue weighted by molar-refractivity contribution is -0.126. The fraction of sp³-hybridized carbons (Fsp3) is 0.923. The first-order chi connectivity index (χ1) is 7.99. The van der Waals surface area contributed by atoms with Crippen molar-refractivity contribution in [3.63, 3.8) is 0 Å². The average Bonchev–Trinajstić information content (AvgIpc) is 2.25. The quantitative estimate of drug-likeness (QED) is 0.674. The van der Waals surface area contributed by atoms with Gasteiger partial charge in [0.25, 0.3) is 0 Å². The van der Waals surface area contributed by atoms with Gasteiger partial charge >= 0.3 is 0 Å². The second-order valence-corrected chi connectivity index (χ2v) is 5.56. The Morgan fingerprint density at radius 1 is 1.47 bits per heavy atom. The molecule has 4 heteroatoms. The van der Waals surface area contributed by atoms with Crippen LogP contribution in [0.3, 0.4) is 0 Å². The smallest absolute Gasteiger partial charge is 0.223 e. The van der Waals surface area contributed by atoms with Gasteiger partial charge in [0.2, 0.25) is 5.91 Å². The van der Waals surface area contributed by atoms with Crippen LogP contribution in [0.5, 0.6) is 0 Å². The molecular formula is C13H26N2O2. The van der Waals surface area contributed by atoms with E-state index in [9.17, 15) is 9.90 Å². The number of hydrogen-bond acceptors (Lipinski definition) is 3. The topological polar surface area (TPSA) is 75.3 Å². The van der Waals surface area contributed by atoms with E-state index < -0.39 is 0 Å². The second kappa shape index (κ2) is 6.97. The molecule has 1 fully saturated rings. The number of aliphatic hydroxyl groups excluding tert-OH is 1. The molecule has 1 aliphatic rings. The maximum atomic E-state index is 11.9. The summed E-state index contributed by atoms with van der Waals surface area (Å²) >= 11 is 0. The molecule has 0 aliphatic heterocycles. The molecule has 0 bridgehead atoms. The Labute approximate surface area is 104 Å². The Balaban J connectivity index is 2.24. The van der Waals surface area contributed by atoms with E-state index in [1.165, 1.54) is 0 Å². The van der Waals surface area contributed by atoms with E-state index in [-0.39, 0.29) is 24.0 Å². The van der Waals surface area contributed by atoms with E-state index in [0.717, 1.165) is 32.1 Å². The Hall–Kier alpha value is -0.610. The summed E-state index contributed by atoms with van der Waals surface area (Å²) in [6, 6.07) is 0.189. The monoisotopic (exact) mass is 242 g/mol. The molecule has 0 saturated heterocycles. The minimum Gasteiger partial charge on any atom is -0.393 e. The molecule has 4 N–H and O–H groups in total. The number of carbonyl (C=O) groups is 1. The Morgan fingerprint density at radius 3 is 2.76 bits per heavy atom. The van der Waals surface area contributed by atoms with Crippen LogP contribution in [0.1, 0.15) is 46.0 Å². The standard InChI is InChI=1S/C13H26N2O2/c1-9(6-10(2)16)8-15-13(17)11-4-3-5-12(14)7-11/h9-12,16H,3-8,14H2,1-2H3,(H,15,17).